The zero-order valence-electron chi connectivity index (χ0n) is 21.6. The van der Waals surface area contributed by atoms with E-state index < -0.39 is 29.7 Å². The van der Waals surface area contributed by atoms with Gasteiger partial charge in [0.05, 0.1) is 23.8 Å². The predicted molar refractivity (Wildman–Crippen MR) is 140 cm³/mol. The number of nitrogens with zero attached hydrogens (tertiary/aromatic N) is 1. The van der Waals surface area contributed by atoms with Crippen LogP contribution in [0.15, 0.2) is 47.5 Å². The molecule has 198 valence electrons. The molecule has 2 aromatic rings. The Labute approximate surface area is 215 Å². The monoisotopic (exact) mass is 511 g/mol. The first kappa shape index (κ1) is 29.0. The number of ether oxygens (including phenoxy) is 2. The lowest BCUT2D eigenvalue weighted by Crippen LogP contribution is -2.32. The zero-order chi connectivity index (χ0) is 27.6. The summed E-state index contributed by atoms with van der Waals surface area (Å²) in [5.41, 5.74) is 2.97. The molecule has 5 N–H and O–H groups in total. The van der Waals surface area contributed by atoms with Crippen molar-refractivity contribution in [2.45, 2.75) is 34.6 Å². The number of aliphatic imine (C=N–C) groups is 1. The minimum Gasteiger partial charge on any atom is -0.465 e. The molecule has 0 aliphatic heterocycles. The van der Waals surface area contributed by atoms with E-state index in [1.807, 2.05) is 20.8 Å². The van der Waals surface area contributed by atoms with Crippen LogP contribution in [-0.4, -0.2) is 43.2 Å². The molecule has 0 spiro atoms. The van der Waals surface area contributed by atoms with Crippen LogP contribution in [0.5, 0.6) is 5.75 Å². The summed E-state index contributed by atoms with van der Waals surface area (Å²) in [4.78, 5) is 54.2. The van der Waals surface area contributed by atoms with Gasteiger partial charge in [-0.2, -0.15) is 0 Å². The molecule has 2 amide bonds. The summed E-state index contributed by atoms with van der Waals surface area (Å²) in [6.07, 6.45) is 1.28. The van der Waals surface area contributed by atoms with Gasteiger partial charge in [-0.25, -0.2) is 10.8 Å². The number of carbonyl (C=O) groups is 4. The first-order chi connectivity index (χ1) is 17.5. The van der Waals surface area contributed by atoms with Gasteiger partial charge in [0.2, 0.25) is 0 Å². The van der Waals surface area contributed by atoms with Crippen molar-refractivity contribution in [3.63, 3.8) is 0 Å². The van der Waals surface area contributed by atoms with Crippen LogP contribution in [0.4, 0.5) is 11.4 Å². The maximum Gasteiger partial charge on any atom is 0.325 e. The predicted octanol–water partition coefficient (Wildman–Crippen LogP) is 2.94. The highest BCUT2D eigenvalue weighted by Crippen LogP contribution is 2.29. The molecular formula is C26H33N5O6. The third-order valence-corrected chi connectivity index (χ3v) is 5.44. The maximum atomic E-state index is 12.9. The van der Waals surface area contributed by atoms with Gasteiger partial charge in [-0.1, -0.05) is 33.8 Å². The average molecular weight is 512 g/mol. The molecule has 0 fully saturated rings. The Bertz CT molecular complexity index is 1170. The Morgan fingerprint density at radius 2 is 1.81 bits per heavy atom. The van der Waals surface area contributed by atoms with Crippen molar-refractivity contribution >= 4 is 41.5 Å². The Morgan fingerprint density at radius 3 is 2.46 bits per heavy atom. The minimum atomic E-state index is -0.680. The Hall–Kier alpha value is -4.25. The number of benzene rings is 2. The first-order valence-corrected chi connectivity index (χ1v) is 11.7. The van der Waals surface area contributed by atoms with Crippen LogP contribution >= 0.6 is 0 Å². The Kier molecular flexibility index (Phi) is 10.3. The van der Waals surface area contributed by atoms with Crippen molar-refractivity contribution < 1.29 is 28.7 Å². The molecule has 0 aromatic heterocycles. The number of nitrogens with one attached hydrogen (secondary N) is 3. The number of amides is 2. The van der Waals surface area contributed by atoms with E-state index >= 15 is 0 Å². The standard InChI is InChI=1S/C26H33N5O6/c1-6-36-22(32)14-28-24(34)20-13-19(10-11-21(20)37-25(35)16(2)26(3,4)5)31-23(33)17-8-7-9-18(12-17)29-15-30-27/h7-13,15-16H,6,14,27H2,1-5H3,(H,28,34)(H,29,30)(H,31,33). The molecule has 11 nitrogen and oxygen atoms in total. The second-order valence-corrected chi connectivity index (χ2v) is 9.14. The number of hydrazine groups is 1. The van der Waals surface area contributed by atoms with E-state index in [1.165, 1.54) is 24.5 Å². The fourth-order valence-corrected chi connectivity index (χ4v) is 2.93. The number of hydrogen-bond acceptors (Lipinski definition) is 8. The molecule has 0 radical (unpaired) electrons. The topological polar surface area (TPSA) is 161 Å². The number of anilines is 1. The fraction of sp³-hybridized carbons (Fsp3) is 0.346. The number of esters is 2. The molecular weight excluding hydrogens is 478 g/mol. The van der Waals surface area contributed by atoms with E-state index in [2.05, 4.69) is 21.1 Å². The van der Waals surface area contributed by atoms with E-state index in [0.717, 1.165) is 0 Å². The van der Waals surface area contributed by atoms with E-state index in [-0.39, 0.29) is 35.6 Å². The van der Waals surface area contributed by atoms with Gasteiger partial charge < -0.3 is 25.5 Å². The van der Waals surface area contributed by atoms with E-state index in [1.54, 1.807) is 38.1 Å². The highest BCUT2D eigenvalue weighted by molar-refractivity contribution is 6.06. The molecule has 1 atom stereocenters. The number of rotatable bonds is 10. The summed E-state index contributed by atoms with van der Waals surface area (Å²) < 4.78 is 10.4. The summed E-state index contributed by atoms with van der Waals surface area (Å²) in [5.74, 6) is 2.43. The quantitative estimate of drug-likeness (QED) is 0.0945. The van der Waals surface area contributed by atoms with E-state index in [9.17, 15) is 19.2 Å². The Morgan fingerprint density at radius 1 is 1.08 bits per heavy atom. The summed E-state index contributed by atoms with van der Waals surface area (Å²) >= 11 is 0. The largest absolute Gasteiger partial charge is 0.465 e. The van der Waals surface area contributed by atoms with Crippen LogP contribution in [0.2, 0.25) is 0 Å². The van der Waals surface area contributed by atoms with Crippen molar-refractivity contribution in [3.8, 4) is 5.75 Å². The lowest BCUT2D eigenvalue weighted by Gasteiger charge is -2.25. The minimum absolute atomic E-state index is 0.00826. The van der Waals surface area contributed by atoms with Crippen LogP contribution in [0.25, 0.3) is 0 Å². The number of carbonyl (C=O) groups excluding carboxylic acids is 4. The van der Waals surface area contributed by atoms with Gasteiger partial charge in [0.15, 0.2) is 0 Å². The maximum absolute atomic E-state index is 12.9. The van der Waals surface area contributed by atoms with E-state index in [4.69, 9.17) is 15.3 Å². The van der Waals surface area contributed by atoms with E-state index in [0.29, 0.717) is 11.3 Å². The van der Waals surface area contributed by atoms with Crippen molar-refractivity contribution in [1.29, 1.82) is 0 Å². The normalized spacial score (nSPS) is 11.9. The lowest BCUT2D eigenvalue weighted by molar-refractivity contribution is -0.142. The molecule has 11 heteroatoms. The van der Waals surface area contributed by atoms with Gasteiger partial charge in [-0.15, -0.1) is 0 Å². The molecule has 37 heavy (non-hydrogen) atoms. The average Bonchev–Trinajstić information content (AvgIpc) is 2.86. The highest BCUT2D eigenvalue weighted by Gasteiger charge is 2.29. The lowest BCUT2D eigenvalue weighted by atomic mass is 9.82. The van der Waals surface area contributed by atoms with Crippen LogP contribution < -0.4 is 26.6 Å². The van der Waals surface area contributed by atoms with Crippen molar-refractivity contribution in [2.24, 2.45) is 22.2 Å². The molecule has 2 aromatic carbocycles. The van der Waals surface area contributed by atoms with Gasteiger partial charge in [-0.3, -0.25) is 19.2 Å². The summed E-state index contributed by atoms with van der Waals surface area (Å²) in [6.45, 7) is 8.88. The fourth-order valence-electron chi connectivity index (χ4n) is 2.93. The third-order valence-electron chi connectivity index (χ3n) is 5.44. The number of nitrogens with two attached hydrogens (primary N) is 1. The molecule has 1 unspecified atom stereocenters. The van der Waals surface area contributed by atoms with Crippen LogP contribution in [-0.2, 0) is 14.3 Å². The highest BCUT2D eigenvalue weighted by atomic mass is 16.5. The van der Waals surface area contributed by atoms with Crippen LogP contribution in [0.1, 0.15) is 55.3 Å². The molecule has 0 saturated heterocycles. The Balaban J connectivity index is 2.32. The van der Waals surface area contributed by atoms with Gasteiger partial charge in [-0.05, 0) is 48.7 Å². The van der Waals surface area contributed by atoms with Gasteiger partial charge >= 0.3 is 11.9 Å². The van der Waals surface area contributed by atoms with Crippen molar-refractivity contribution in [1.82, 2.24) is 10.7 Å². The van der Waals surface area contributed by atoms with Crippen LogP contribution in [0, 0.1) is 11.3 Å². The number of hydrogen-bond donors (Lipinski definition) is 4. The summed E-state index contributed by atoms with van der Waals surface area (Å²) in [6, 6.07) is 10.8. The molecule has 0 bridgehead atoms. The SMILES string of the molecule is CCOC(=O)CNC(=O)c1cc(NC(=O)c2cccc(N=CNN)c2)ccc1OC(=O)C(C)C(C)(C)C. The zero-order valence-corrected chi connectivity index (χ0v) is 21.6. The van der Waals surface area contributed by atoms with Gasteiger partial charge in [0, 0.05) is 11.3 Å². The summed E-state index contributed by atoms with van der Waals surface area (Å²) in [7, 11) is 0. The second-order valence-electron chi connectivity index (χ2n) is 9.14. The molecule has 2 rings (SSSR count). The van der Waals surface area contributed by atoms with Gasteiger partial charge in [0.25, 0.3) is 11.8 Å². The first-order valence-electron chi connectivity index (χ1n) is 11.7. The van der Waals surface area contributed by atoms with Crippen molar-refractivity contribution in [3.05, 3.63) is 53.6 Å². The van der Waals surface area contributed by atoms with Crippen molar-refractivity contribution in [2.75, 3.05) is 18.5 Å². The molecule has 0 saturated carbocycles. The smallest absolute Gasteiger partial charge is 0.325 e. The molecule has 0 aliphatic carbocycles. The van der Waals surface area contributed by atoms with Gasteiger partial charge in [0.1, 0.15) is 18.6 Å². The molecule has 0 heterocycles. The second kappa shape index (κ2) is 13.2. The van der Waals surface area contributed by atoms with Crippen LogP contribution in [0.3, 0.4) is 0 Å². The third kappa shape index (κ3) is 8.73. The molecule has 0 aliphatic rings. The summed E-state index contributed by atoms with van der Waals surface area (Å²) in [5, 5.41) is 5.15.